The number of hydrogen-bond donors (Lipinski definition) is 3. The summed E-state index contributed by atoms with van der Waals surface area (Å²) in [6.07, 6.45) is 4.55. The van der Waals surface area contributed by atoms with E-state index in [1.54, 1.807) is 24.4 Å². The predicted octanol–water partition coefficient (Wildman–Crippen LogP) is 3.47. The fourth-order valence-electron chi connectivity index (χ4n) is 4.57. The van der Waals surface area contributed by atoms with Gasteiger partial charge in [-0.3, -0.25) is 9.78 Å². The summed E-state index contributed by atoms with van der Waals surface area (Å²) in [6, 6.07) is 23.2. The average Bonchev–Trinajstić information content (AvgIpc) is 2.96. The van der Waals surface area contributed by atoms with E-state index >= 15 is 0 Å². The molecule has 1 amide bonds. The number of nitrogens with one attached hydrogen (secondary N) is 1. The molecule has 1 aromatic heterocycles. The minimum absolute atomic E-state index is 0. The molecule has 206 valence electrons. The Balaban J connectivity index is 0.00000308. The number of aliphatic carboxylic acids is 1. The zero-order valence-electron chi connectivity index (χ0n) is 24.6. The van der Waals surface area contributed by atoms with Crippen LogP contribution in [0.15, 0.2) is 91.6 Å². The fraction of sp³-hybridized carbons (Fsp3) is 0.182. The van der Waals surface area contributed by atoms with E-state index in [9.17, 15) is 19.8 Å². The molecule has 0 bridgehead atoms. The fourth-order valence-corrected chi connectivity index (χ4v) is 5.04. The van der Waals surface area contributed by atoms with Gasteiger partial charge in [0.2, 0.25) is 0 Å². The van der Waals surface area contributed by atoms with E-state index in [1.165, 1.54) is 11.8 Å². The van der Waals surface area contributed by atoms with Crippen molar-refractivity contribution in [3.8, 4) is 16.9 Å². The van der Waals surface area contributed by atoms with Crippen LogP contribution in [0.5, 0.6) is 5.75 Å². The van der Waals surface area contributed by atoms with E-state index in [2.05, 4.69) is 16.9 Å². The number of amides is 1. The van der Waals surface area contributed by atoms with Gasteiger partial charge in [0.25, 0.3) is 5.91 Å². The number of carbonyl (C=O) groups excluding carboxylic acids is 1. The van der Waals surface area contributed by atoms with Crippen LogP contribution in [0.3, 0.4) is 0 Å². The largest absolute Gasteiger partial charge is 1.00 e. The molecule has 0 aliphatic carbocycles. The molecular weight excluding hydrogens is 527 g/mol. The van der Waals surface area contributed by atoms with Gasteiger partial charge < -0.3 is 17.0 Å². The van der Waals surface area contributed by atoms with Crippen molar-refractivity contribution in [2.24, 2.45) is 0 Å². The van der Waals surface area contributed by atoms with Crippen LogP contribution in [0.4, 0.5) is 0 Å². The van der Waals surface area contributed by atoms with E-state index in [-0.39, 0.29) is 26.0 Å². The molecule has 1 atom stereocenters. The number of carbonyl (C=O) groups is 2. The maximum atomic E-state index is 13.4. The van der Waals surface area contributed by atoms with Crippen molar-refractivity contribution in [2.75, 3.05) is 12.0 Å². The Morgan fingerprint density at radius 2 is 1.73 bits per heavy atom. The van der Waals surface area contributed by atoms with E-state index in [1.807, 2.05) is 73.8 Å². The number of carboxylic acids is 1. The van der Waals surface area contributed by atoms with E-state index < -0.39 is 17.9 Å². The van der Waals surface area contributed by atoms with Crippen LogP contribution >= 0.6 is 11.8 Å². The van der Waals surface area contributed by atoms with Gasteiger partial charge in [-0.05, 0) is 89.1 Å². The van der Waals surface area contributed by atoms with Gasteiger partial charge in [0, 0.05) is 23.7 Å². The molecular formula is C33H33LiN2O4S. The third-order valence-electron chi connectivity index (χ3n) is 6.79. The molecule has 0 spiro atoms. The molecule has 4 aromatic rings. The van der Waals surface area contributed by atoms with Crippen molar-refractivity contribution in [2.45, 2.75) is 25.8 Å². The third-order valence-corrected chi connectivity index (χ3v) is 7.43. The summed E-state index contributed by atoms with van der Waals surface area (Å²) in [5, 5.41) is 22.0. The summed E-state index contributed by atoms with van der Waals surface area (Å²) in [4.78, 5) is 29.8. The van der Waals surface area contributed by atoms with Gasteiger partial charge in [-0.15, -0.1) is 0 Å². The Kier molecular flexibility index (Phi) is 11.4. The molecule has 0 saturated heterocycles. The molecule has 6 nitrogen and oxygen atoms in total. The van der Waals surface area contributed by atoms with Gasteiger partial charge in [0.1, 0.15) is 11.8 Å². The number of aromatic hydroxyl groups is 1. The first-order valence-corrected chi connectivity index (χ1v) is 14.3. The molecule has 3 N–H and O–H groups in total. The van der Waals surface area contributed by atoms with Crippen molar-refractivity contribution in [3.63, 3.8) is 0 Å². The van der Waals surface area contributed by atoms with Crippen LogP contribution < -0.4 is 24.2 Å². The maximum Gasteiger partial charge on any atom is 1.00 e. The van der Waals surface area contributed by atoms with Crippen LogP contribution in [-0.4, -0.2) is 45.1 Å². The van der Waals surface area contributed by atoms with E-state index in [4.69, 9.17) is 0 Å². The SMILES string of the molecule is C=C(c1ccc(C(=O)N[C@@H](CCSC)C(=O)O)c(-c2ccccc2C)c1)c1cccnc1Cc1ccc(O)cc1.[H-].[Li+]. The number of phenolic OH excluding ortho intramolecular Hbond substituents is 1. The summed E-state index contributed by atoms with van der Waals surface area (Å²) < 4.78 is 0. The quantitative estimate of drug-likeness (QED) is 0.243. The summed E-state index contributed by atoms with van der Waals surface area (Å²) >= 11 is 1.54. The topological polar surface area (TPSA) is 99.5 Å². The first-order valence-electron chi connectivity index (χ1n) is 12.9. The Bertz CT molecular complexity index is 1550. The number of phenols is 1. The second kappa shape index (κ2) is 14.7. The van der Waals surface area contributed by atoms with Gasteiger partial charge >= 0.3 is 24.8 Å². The number of nitrogens with zero attached hydrogens (tertiary/aromatic N) is 1. The number of hydrogen-bond acceptors (Lipinski definition) is 5. The summed E-state index contributed by atoms with van der Waals surface area (Å²) in [7, 11) is 0. The molecule has 41 heavy (non-hydrogen) atoms. The second-order valence-corrected chi connectivity index (χ2v) is 10.5. The minimum atomic E-state index is -1.05. The first kappa shape index (κ1) is 31.8. The Hall–Kier alpha value is -3.76. The van der Waals surface area contributed by atoms with Crippen molar-refractivity contribution >= 4 is 29.2 Å². The monoisotopic (exact) mass is 560 g/mol. The van der Waals surface area contributed by atoms with Crippen molar-refractivity contribution in [1.29, 1.82) is 0 Å². The molecule has 0 radical (unpaired) electrons. The van der Waals surface area contributed by atoms with Crippen molar-refractivity contribution in [1.82, 2.24) is 10.3 Å². The molecule has 0 aliphatic heterocycles. The summed E-state index contributed by atoms with van der Waals surface area (Å²) in [5.41, 5.74) is 7.29. The van der Waals surface area contributed by atoms with Gasteiger partial charge in [-0.25, -0.2) is 4.79 Å². The van der Waals surface area contributed by atoms with Crippen LogP contribution in [-0.2, 0) is 11.2 Å². The molecule has 3 aromatic carbocycles. The van der Waals surface area contributed by atoms with Gasteiger partial charge in [0.15, 0.2) is 0 Å². The molecule has 0 unspecified atom stereocenters. The Labute approximate surface area is 258 Å². The number of aryl methyl sites for hydroxylation is 1. The van der Waals surface area contributed by atoms with E-state index in [0.717, 1.165) is 39.1 Å². The zero-order chi connectivity index (χ0) is 28.6. The summed E-state index contributed by atoms with van der Waals surface area (Å²) in [5.74, 6) is -0.653. The van der Waals surface area contributed by atoms with Crippen LogP contribution in [0.2, 0.25) is 0 Å². The molecule has 1 heterocycles. The number of aromatic nitrogens is 1. The molecule has 0 aliphatic rings. The Morgan fingerprint density at radius 1 is 1.00 bits per heavy atom. The van der Waals surface area contributed by atoms with Crippen LogP contribution in [0.1, 0.15) is 46.2 Å². The predicted molar refractivity (Wildman–Crippen MR) is 163 cm³/mol. The minimum Gasteiger partial charge on any atom is -1.00 e. The third kappa shape index (κ3) is 7.92. The van der Waals surface area contributed by atoms with Gasteiger partial charge in [-0.1, -0.05) is 55.1 Å². The normalized spacial score (nSPS) is 11.3. The number of rotatable bonds is 11. The van der Waals surface area contributed by atoms with Crippen molar-refractivity contribution in [3.05, 3.63) is 125 Å². The maximum absolute atomic E-state index is 13.4. The standard InChI is InChI=1S/C33H32N2O4S.Li.H/c1-21-7-4-5-8-26(21)29-20-24(12-15-28(29)32(37)35-30(33(38)39)16-18-40-3)22(2)27-9-6-17-34-31(27)19-23-10-13-25(36)14-11-23;;/h4-15,17,20,30,36H,2,16,18-19H2,1,3H3,(H,35,37)(H,38,39);;/q;+1;-1/t30-;;/m0../s1. The molecule has 8 heteroatoms. The number of carboxylic acid groups (broad SMARTS) is 1. The van der Waals surface area contributed by atoms with Crippen LogP contribution in [0, 0.1) is 6.92 Å². The van der Waals surface area contributed by atoms with Gasteiger partial charge in [0.05, 0.1) is 5.69 Å². The van der Waals surface area contributed by atoms with Crippen LogP contribution in [0.25, 0.3) is 16.7 Å². The second-order valence-electron chi connectivity index (χ2n) is 9.54. The number of pyridine rings is 1. The summed E-state index contributed by atoms with van der Waals surface area (Å²) in [6.45, 7) is 6.37. The van der Waals surface area contributed by atoms with E-state index in [0.29, 0.717) is 29.7 Å². The number of thioether (sulfide) groups is 1. The molecule has 0 saturated carbocycles. The average molecular weight is 561 g/mol. The van der Waals surface area contributed by atoms with Gasteiger partial charge in [-0.2, -0.15) is 11.8 Å². The first-order chi connectivity index (χ1) is 19.3. The zero-order valence-corrected chi connectivity index (χ0v) is 24.4. The smallest absolute Gasteiger partial charge is 1.00 e. The molecule has 4 rings (SSSR count). The number of benzene rings is 3. The van der Waals surface area contributed by atoms with Crippen molar-refractivity contribution < 1.29 is 40.1 Å². The molecule has 0 fully saturated rings. The Morgan fingerprint density at radius 3 is 2.41 bits per heavy atom.